The molecule has 0 amide bonds. The van der Waals surface area contributed by atoms with Gasteiger partial charge in [0.25, 0.3) is 0 Å². The number of rotatable bonds is 4. The first-order valence-electron chi connectivity index (χ1n) is 6.77. The van der Waals surface area contributed by atoms with Gasteiger partial charge in [-0.3, -0.25) is 0 Å². The zero-order valence-corrected chi connectivity index (χ0v) is 11.2. The summed E-state index contributed by atoms with van der Waals surface area (Å²) in [6, 6.07) is 0.878. The van der Waals surface area contributed by atoms with E-state index in [0.29, 0.717) is 0 Å². The molecule has 1 spiro atoms. The van der Waals surface area contributed by atoms with Crippen molar-refractivity contribution in [1.82, 2.24) is 5.32 Å². The lowest BCUT2D eigenvalue weighted by Gasteiger charge is -2.30. The predicted octanol–water partition coefficient (Wildman–Crippen LogP) is 3.34. The Bertz CT molecular complexity index is 199. The van der Waals surface area contributed by atoms with Gasteiger partial charge < -0.3 is 5.32 Å². The standard InChI is InChI=1S/C13H27NS/c1-3-7-12(4-2)13-10-15(11-14-13)8-5-6-9-15/h12-14H,3-11H2,1-2H3. The minimum Gasteiger partial charge on any atom is -0.305 e. The van der Waals surface area contributed by atoms with Crippen LogP contribution in [0, 0.1) is 5.92 Å². The zero-order chi connectivity index (χ0) is 10.7. The SMILES string of the molecule is CCCC(CC)C1CS2(CCCC2)CN1. The maximum Gasteiger partial charge on any atom is 0.0265 e. The molecule has 0 aromatic rings. The van der Waals surface area contributed by atoms with Gasteiger partial charge in [0.15, 0.2) is 0 Å². The molecule has 1 nitrogen and oxygen atoms in total. The Morgan fingerprint density at radius 1 is 1.27 bits per heavy atom. The van der Waals surface area contributed by atoms with E-state index in [1.54, 1.807) is 17.3 Å². The van der Waals surface area contributed by atoms with Crippen LogP contribution >= 0.6 is 10.0 Å². The van der Waals surface area contributed by atoms with Crippen LogP contribution in [0.5, 0.6) is 0 Å². The fraction of sp³-hybridized carbons (Fsp3) is 1.00. The van der Waals surface area contributed by atoms with Crippen LogP contribution in [0.3, 0.4) is 0 Å². The molecule has 90 valence electrons. The van der Waals surface area contributed by atoms with Crippen LogP contribution < -0.4 is 5.32 Å². The summed E-state index contributed by atoms with van der Waals surface area (Å²) in [7, 11) is -0.160. The quantitative estimate of drug-likeness (QED) is 0.779. The minimum absolute atomic E-state index is 0.160. The molecule has 2 unspecified atom stereocenters. The average Bonchev–Trinajstić information content (AvgIpc) is 2.86. The van der Waals surface area contributed by atoms with E-state index in [-0.39, 0.29) is 10.0 Å². The lowest BCUT2D eigenvalue weighted by molar-refractivity contribution is 0.367. The topological polar surface area (TPSA) is 12.0 Å². The van der Waals surface area contributed by atoms with Crippen LogP contribution in [-0.4, -0.2) is 29.2 Å². The van der Waals surface area contributed by atoms with Crippen LogP contribution in [-0.2, 0) is 0 Å². The van der Waals surface area contributed by atoms with Crippen molar-refractivity contribution in [3.8, 4) is 0 Å². The van der Waals surface area contributed by atoms with E-state index in [1.807, 2.05) is 0 Å². The Hall–Kier alpha value is 0.310. The lowest BCUT2D eigenvalue weighted by Crippen LogP contribution is -2.32. The molecule has 15 heavy (non-hydrogen) atoms. The summed E-state index contributed by atoms with van der Waals surface area (Å²) in [6.07, 6.45) is 7.21. The van der Waals surface area contributed by atoms with Crippen molar-refractivity contribution in [1.29, 1.82) is 0 Å². The second-order valence-corrected chi connectivity index (χ2v) is 9.31. The highest BCUT2D eigenvalue weighted by atomic mass is 32.3. The Morgan fingerprint density at radius 2 is 2.00 bits per heavy atom. The van der Waals surface area contributed by atoms with E-state index in [1.165, 1.54) is 38.0 Å². The first-order valence-corrected chi connectivity index (χ1v) is 9.08. The van der Waals surface area contributed by atoms with Crippen molar-refractivity contribution in [3.05, 3.63) is 0 Å². The molecule has 0 aliphatic carbocycles. The largest absolute Gasteiger partial charge is 0.305 e. The Morgan fingerprint density at radius 3 is 2.60 bits per heavy atom. The highest BCUT2D eigenvalue weighted by Gasteiger charge is 2.38. The summed E-state index contributed by atoms with van der Waals surface area (Å²) in [5.74, 6) is 7.09. The van der Waals surface area contributed by atoms with Crippen LogP contribution in [0.4, 0.5) is 0 Å². The summed E-state index contributed by atoms with van der Waals surface area (Å²) in [6.45, 7) is 4.70. The van der Waals surface area contributed by atoms with E-state index in [2.05, 4.69) is 19.2 Å². The molecular formula is C13H27NS. The van der Waals surface area contributed by atoms with Crippen LogP contribution in [0.2, 0.25) is 0 Å². The summed E-state index contributed by atoms with van der Waals surface area (Å²) in [4.78, 5) is 0. The highest BCUT2D eigenvalue weighted by molar-refractivity contribution is 8.34. The van der Waals surface area contributed by atoms with Gasteiger partial charge in [-0.25, -0.2) is 10.0 Å². The smallest absolute Gasteiger partial charge is 0.0265 e. The van der Waals surface area contributed by atoms with Gasteiger partial charge in [-0.05, 0) is 42.4 Å². The third-order valence-electron chi connectivity index (χ3n) is 4.34. The van der Waals surface area contributed by atoms with Gasteiger partial charge in [-0.15, -0.1) is 0 Å². The molecule has 2 rings (SSSR count). The Balaban J connectivity index is 1.90. The van der Waals surface area contributed by atoms with Crippen LogP contribution in [0.15, 0.2) is 0 Å². The van der Waals surface area contributed by atoms with Crippen molar-refractivity contribution in [2.24, 2.45) is 5.92 Å². The van der Waals surface area contributed by atoms with Crippen LogP contribution in [0.1, 0.15) is 46.0 Å². The molecule has 2 aliphatic rings. The number of hydrogen-bond acceptors (Lipinski definition) is 1. The zero-order valence-electron chi connectivity index (χ0n) is 10.4. The highest BCUT2D eigenvalue weighted by Crippen LogP contribution is 2.56. The molecule has 2 heteroatoms. The molecule has 0 aromatic carbocycles. The molecule has 0 bridgehead atoms. The second-order valence-electron chi connectivity index (χ2n) is 5.42. The first-order chi connectivity index (χ1) is 7.29. The minimum atomic E-state index is -0.160. The van der Waals surface area contributed by atoms with Gasteiger partial charge in [0.1, 0.15) is 0 Å². The Labute approximate surface area is 96.7 Å². The number of nitrogens with one attached hydrogen (secondary N) is 1. The molecule has 0 aromatic heterocycles. The van der Waals surface area contributed by atoms with Gasteiger partial charge in [0.05, 0.1) is 0 Å². The van der Waals surface area contributed by atoms with E-state index in [0.717, 1.165) is 12.0 Å². The van der Waals surface area contributed by atoms with Crippen molar-refractivity contribution in [2.75, 3.05) is 23.1 Å². The molecule has 2 aliphatic heterocycles. The summed E-state index contributed by atoms with van der Waals surface area (Å²) in [5.41, 5.74) is 0. The molecule has 2 saturated heterocycles. The molecule has 2 fully saturated rings. The lowest BCUT2D eigenvalue weighted by atomic mass is 9.93. The van der Waals surface area contributed by atoms with E-state index in [9.17, 15) is 0 Å². The summed E-state index contributed by atoms with van der Waals surface area (Å²) < 4.78 is 0. The van der Waals surface area contributed by atoms with Crippen molar-refractivity contribution in [2.45, 2.75) is 52.0 Å². The molecule has 0 radical (unpaired) electrons. The predicted molar refractivity (Wildman–Crippen MR) is 71.9 cm³/mol. The van der Waals surface area contributed by atoms with Crippen molar-refractivity contribution >= 4 is 10.0 Å². The summed E-state index contributed by atoms with van der Waals surface area (Å²) in [5, 5.41) is 3.86. The van der Waals surface area contributed by atoms with Gasteiger partial charge >= 0.3 is 0 Å². The third kappa shape index (κ3) is 2.52. The number of hydrogen-bond donors (Lipinski definition) is 1. The summed E-state index contributed by atoms with van der Waals surface area (Å²) >= 11 is 0. The first kappa shape index (κ1) is 11.8. The fourth-order valence-electron chi connectivity index (χ4n) is 3.38. The normalized spacial score (nSPS) is 33.3. The Kier molecular flexibility index (Phi) is 4.00. The van der Waals surface area contributed by atoms with E-state index < -0.39 is 0 Å². The molecule has 1 N–H and O–H groups in total. The average molecular weight is 229 g/mol. The van der Waals surface area contributed by atoms with Gasteiger partial charge in [0, 0.05) is 11.9 Å². The second kappa shape index (κ2) is 5.09. The molecule has 2 heterocycles. The van der Waals surface area contributed by atoms with Gasteiger partial charge in [0.2, 0.25) is 0 Å². The monoisotopic (exact) mass is 229 g/mol. The maximum atomic E-state index is 3.86. The maximum absolute atomic E-state index is 3.86. The molecular weight excluding hydrogens is 202 g/mol. The van der Waals surface area contributed by atoms with Gasteiger partial charge in [-0.2, -0.15) is 0 Å². The van der Waals surface area contributed by atoms with Crippen molar-refractivity contribution in [3.63, 3.8) is 0 Å². The molecule has 0 saturated carbocycles. The molecule has 2 atom stereocenters. The van der Waals surface area contributed by atoms with E-state index in [4.69, 9.17) is 0 Å². The van der Waals surface area contributed by atoms with Crippen LogP contribution in [0.25, 0.3) is 0 Å². The van der Waals surface area contributed by atoms with Gasteiger partial charge in [-0.1, -0.05) is 26.7 Å². The fourth-order valence-corrected chi connectivity index (χ4v) is 7.67. The van der Waals surface area contributed by atoms with Crippen molar-refractivity contribution < 1.29 is 0 Å². The third-order valence-corrected chi connectivity index (χ3v) is 8.50. The van der Waals surface area contributed by atoms with E-state index >= 15 is 0 Å².